The molecule has 0 aromatic carbocycles. The van der Waals surface area contributed by atoms with Gasteiger partial charge in [-0.25, -0.2) is 4.98 Å². The third kappa shape index (κ3) is 4.55. The highest BCUT2D eigenvalue weighted by Crippen LogP contribution is 2.21. The van der Waals surface area contributed by atoms with Gasteiger partial charge in [-0.3, -0.25) is 0 Å². The second-order valence-corrected chi connectivity index (χ2v) is 5.58. The van der Waals surface area contributed by atoms with Crippen LogP contribution in [0.5, 0.6) is 0 Å². The van der Waals surface area contributed by atoms with Crippen molar-refractivity contribution in [3.05, 3.63) is 23.9 Å². The average Bonchev–Trinajstić information content (AvgIpc) is 2.27. The Morgan fingerprint density at radius 3 is 2.24 bits per heavy atom. The van der Waals surface area contributed by atoms with Crippen molar-refractivity contribution in [2.45, 2.75) is 33.6 Å². The first-order valence-corrected chi connectivity index (χ1v) is 6.82. The van der Waals surface area contributed by atoms with E-state index in [-0.39, 0.29) is 0 Å². The van der Waals surface area contributed by atoms with Crippen molar-refractivity contribution < 1.29 is 0 Å². The summed E-state index contributed by atoms with van der Waals surface area (Å²) in [5.74, 6) is 2.82. The molecule has 0 unspecified atom stereocenters. The summed E-state index contributed by atoms with van der Waals surface area (Å²) in [5.41, 5.74) is 1.12. The van der Waals surface area contributed by atoms with Crippen molar-refractivity contribution in [1.82, 2.24) is 4.98 Å². The second kappa shape index (κ2) is 6.85. The van der Waals surface area contributed by atoms with Crippen molar-refractivity contribution in [2.24, 2.45) is 11.8 Å². The molecular weight excluding hydrogens is 232 g/mol. The smallest absolute Gasteiger partial charge is 0.132 e. The summed E-state index contributed by atoms with van der Waals surface area (Å²) in [6.07, 6.45) is 1.85. The van der Waals surface area contributed by atoms with Crippen molar-refractivity contribution in [1.29, 1.82) is 0 Å². The van der Waals surface area contributed by atoms with Crippen LogP contribution in [-0.2, 0) is 5.88 Å². The van der Waals surface area contributed by atoms with Gasteiger partial charge in [0.05, 0.1) is 5.88 Å². The van der Waals surface area contributed by atoms with E-state index in [2.05, 4.69) is 43.6 Å². The van der Waals surface area contributed by atoms with Crippen LogP contribution in [0.1, 0.15) is 33.3 Å². The lowest BCUT2D eigenvalue weighted by Crippen LogP contribution is -2.32. The predicted octanol–water partition coefficient (Wildman–Crippen LogP) is 3.94. The van der Waals surface area contributed by atoms with Crippen LogP contribution < -0.4 is 4.90 Å². The number of halogens is 1. The van der Waals surface area contributed by atoms with Gasteiger partial charge >= 0.3 is 0 Å². The van der Waals surface area contributed by atoms with Gasteiger partial charge in [0.25, 0.3) is 0 Å². The van der Waals surface area contributed by atoms with Crippen LogP contribution in [0.3, 0.4) is 0 Å². The summed E-state index contributed by atoms with van der Waals surface area (Å²) in [4.78, 5) is 6.85. The zero-order chi connectivity index (χ0) is 12.8. The molecule has 0 aliphatic carbocycles. The molecular formula is C14H23ClN2. The van der Waals surface area contributed by atoms with Crippen molar-refractivity contribution in [3.8, 4) is 0 Å². The SMILES string of the molecule is CC(C)CN(CC(C)C)c1ncccc1CCl. The largest absolute Gasteiger partial charge is 0.356 e. The normalized spacial score (nSPS) is 11.2. The van der Waals surface area contributed by atoms with Crippen LogP contribution >= 0.6 is 11.6 Å². The zero-order valence-corrected chi connectivity index (χ0v) is 12.0. The van der Waals surface area contributed by atoms with E-state index in [4.69, 9.17) is 11.6 Å². The molecule has 0 bridgehead atoms. The molecule has 0 fully saturated rings. The Morgan fingerprint density at radius 1 is 1.18 bits per heavy atom. The zero-order valence-electron chi connectivity index (χ0n) is 11.3. The first-order valence-electron chi connectivity index (χ1n) is 6.29. The Kier molecular flexibility index (Phi) is 5.76. The minimum absolute atomic E-state index is 0.524. The Balaban J connectivity index is 2.94. The van der Waals surface area contributed by atoms with Gasteiger partial charge < -0.3 is 4.90 Å². The molecule has 0 saturated heterocycles. The van der Waals surface area contributed by atoms with Crippen LogP contribution in [0.15, 0.2) is 18.3 Å². The van der Waals surface area contributed by atoms with E-state index in [9.17, 15) is 0 Å². The third-order valence-corrected chi connectivity index (χ3v) is 2.77. The summed E-state index contributed by atoms with van der Waals surface area (Å²) >= 11 is 5.98. The van der Waals surface area contributed by atoms with Gasteiger partial charge in [-0.2, -0.15) is 0 Å². The molecule has 0 aliphatic rings. The first-order chi connectivity index (χ1) is 8.04. The van der Waals surface area contributed by atoms with Crippen LogP contribution in [0.25, 0.3) is 0 Å². The highest BCUT2D eigenvalue weighted by Gasteiger charge is 2.14. The lowest BCUT2D eigenvalue weighted by atomic mass is 10.1. The topological polar surface area (TPSA) is 16.1 Å². The van der Waals surface area contributed by atoms with E-state index in [0.717, 1.165) is 24.5 Å². The number of alkyl halides is 1. The number of hydrogen-bond acceptors (Lipinski definition) is 2. The molecule has 96 valence electrons. The lowest BCUT2D eigenvalue weighted by Gasteiger charge is -2.28. The maximum Gasteiger partial charge on any atom is 0.132 e. The molecule has 0 radical (unpaired) electrons. The fraction of sp³-hybridized carbons (Fsp3) is 0.643. The number of pyridine rings is 1. The van der Waals surface area contributed by atoms with Gasteiger partial charge in [-0.15, -0.1) is 11.6 Å². The average molecular weight is 255 g/mol. The third-order valence-electron chi connectivity index (χ3n) is 2.48. The van der Waals surface area contributed by atoms with Crippen LogP contribution in [-0.4, -0.2) is 18.1 Å². The van der Waals surface area contributed by atoms with Gasteiger partial charge in [0.2, 0.25) is 0 Å². The van der Waals surface area contributed by atoms with Gasteiger partial charge in [-0.1, -0.05) is 33.8 Å². The summed E-state index contributed by atoms with van der Waals surface area (Å²) in [6.45, 7) is 11.0. The van der Waals surface area contributed by atoms with Gasteiger partial charge in [0.1, 0.15) is 5.82 Å². The second-order valence-electron chi connectivity index (χ2n) is 5.31. The highest BCUT2D eigenvalue weighted by molar-refractivity contribution is 6.17. The molecule has 0 spiro atoms. The standard InChI is InChI=1S/C14H23ClN2/c1-11(2)9-17(10-12(3)4)14-13(8-15)6-5-7-16-14/h5-7,11-12H,8-10H2,1-4H3. The van der Waals surface area contributed by atoms with Crippen molar-refractivity contribution in [3.63, 3.8) is 0 Å². The summed E-state index contributed by atoms with van der Waals surface area (Å²) in [6, 6.07) is 4.01. The summed E-state index contributed by atoms with van der Waals surface area (Å²) in [7, 11) is 0. The Morgan fingerprint density at radius 2 is 1.76 bits per heavy atom. The monoisotopic (exact) mass is 254 g/mol. The van der Waals surface area contributed by atoms with E-state index < -0.39 is 0 Å². The number of hydrogen-bond donors (Lipinski definition) is 0. The quantitative estimate of drug-likeness (QED) is 0.715. The maximum absolute atomic E-state index is 5.98. The summed E-state index contributed by atoms with van der Waals surface area (Å²) < 4.78 is 0. The van der Waals surface area contributed by atoms with Gasteiger partial charge in [-0.05, 0) is 17.9 Å². The summed E-state index contributed by atoms with van der Waals surface area (Å²) in [5, 5.41) is 0. The minimum atomic E-state index is 0.524. The molecule has 1 aromatic heterocycles. The number of nitrogens with zero attached hydrogens (tertiary/aromatic N) is 2. The van der Waals surface area contributed by atoms with Crippen LogP contribution in [0, 0.1) is 11.8 Å². The number of anilines is 1. The Bertz CT molecular complexity index is 327. The van der Waals surface area contributed by atoms with Crippen molar-refractivity contribution in [2.75, 3.05) is 18.0 Å². The molecule has 0 aliphatic heterocycles. The fourth-order valence-corrected chi connectivity index (χ4v) is 2.16. The lowest BCUT2D eigenvalue weighted by molar-refractivity contribution is 0.548. The molecule has 3 heteroatoms. The molecule has 1 aromatic rings. The highest BCUT2D eigenvalue weighted by atomic mass is 35.5. The number of rotatable bonds is 6. The Labute approximate surface area is 110 Å². The first kappa shape index (κ1) is 14.3. The minimum Gasteiger partial charge on any atom is -0.356 e. The van der Waals surface area contributed by atoms with Gasteiger partial charge in [0, 0.05) is 24.8 Å². The van der Waals surface area contributed by atoms with Gasteiger partial charge in [0.15, 0.2) is 0 Å². The van der Waals surface area contributed by atoms with E-state index in [1.807, 2.05) is 12.3 Å². The van der Waals surface area contributed by atoms with Crippen LogP contribution in [0.4, 0.5) is 5.82 Å². The molecule has 0 amide bonds. The number of aromatic nitrogens is 1. The molecule has 0 saturated carbocycles. The van der Waals surface area contributed by atoms with E-state index in [0.29, 0.717) is 17.7 Å². The molecule has 0 atom stereocenters. The molecule has 1 heterocycles. The molecule has 0 N–H and O–H groups in total. The predicted molar refractivity (Wildman–Crippen MR) is 75.7 cm³/mol. The molecule has 17 heavy (non-hydrogen) atoms. The molecule has 1 rings (SSSR count). The van der Waals surface area contributed by atoms with E-state index in [1.54, 1.807) is 0 Å². The van der Waals surface area contributed by atoms with E-state index in [1.165, 1.54) is 0 Å². The van der Waals surface area contributed by atoms with Crippen LogP contribution in [0.2, 0.25) is 0 Å². The van der Waals surface area contributed by atoms with Crippen molar-refractivity contribution >= 4 is 17.4 Å². The fourth-order valence-electron chi connectivity index (χ4n) is 1.95. The molecule has 2 nitrogen and oxygen atoms in total. The Hall–Kier alpha value is -0.760. The van der Waals surface area contributed by atoms with E-state index >= 15 is 0 Å². The maximum atomic E-state index is 5.98.